The number of nitrogens with zero attached hydrogens (tertiary/aromatic N) is 1. The van der Waals surface area contributed by atoms with Gasteiger partial charge < -0.3 is 9.51 Å². The highest BCUT2D eigenvalue weighted by Crippen LogP contribution is 2.21. The molecule has 0 spiro atoms. The number of H-pyrrole nitrogens is 1. The zero-order valence-electron chi connectivity index (χ0n) is 9.72. The highest BCUT2D eigenvalue weighted by Gasteiger charge is 2.24. The van der Waals surface area contributed by atoms with Gasteiger partial charge in [-0.25, -0.2) is 8.42 Å². The molecule has 0 saturated heterocycles. The largest absolute Gasteiger partial charge is 0.360 e. The van der Waals surface area contributed by atoms with E-state index in [1.165, 1.54) is 32.2 Å². The van der Waals surface area contributed by atoms with Crippen molar-refractivity contribution in [2.45, 2.75) is 18.7 Å². The monoisotopic (exact) mass is 269 g/mol. The van der Waals surface area contributed by atoms with Crippen LogP contribution in [-0.2, 0) is 10.0 Å². The minimum Gasteiger partial charge on any atom is -0.360 e. The highest BCUT2D eigenvalue weighted by atomic mass is 32.2. The van der Waals surface area contributed by atoms with Gasteiger partial charge in [0.25, 0.3) is 10.0 Å². The molecule has 0 amide bonds. The van der Waals surface area contributed by atoms with Crippen molar-refractivity contribution >= 4 is 15.7 Å². The predicted octanol–water partition coefficient (Wildman–Crippen LogP) is 0.781. The second-order valence-electron chi connectivity index (χ2n) is 3.70. The van der Waals surface area contributed by atoms with E-state index in [2.05, 4.69) is 14.9 Å². The summed E-state index contributed by atoms with van der Waals surface area (Å²) in [5.74, 6) is 0.212. The van der Waals surface area contributed by atoms with E-state index in [1.54, 1.807) is 0 Å². The van der Waals surface area contributed by atoms with Gasteiger partial charge in [-0.15, -0.1) is 0 Å². The summed E-state index contributed by atoms with van der Waals surface area (Å²) in [6.07, 6.45) is 1.28. The fourth-order valence-electron chi connectivity index (χ4n) is 1.54. The summed E-state index contributed by atoms with van der Waals surface area (Å²) in [6, 6.07) is 2.60. The first kappa shape index (κ1) is 12.4. The molecule has 18 heavy (non-hydrogen) atoms. The number of sulfonamides is 1. The van der Waals surface area contributed by atoms with Gasteiger partial charge in [0.1, 0.15) is 5.69 Å². The molecule has 96 valence electrons. The minimum atomic E-state index is -3.77. The number of hydrogen-bond donors (Lipinski definition) is 2. The van der Waals surface area contributed by atoms with Crippen LogP contribution in [-0.4, -0.2) is 18.6 Å². The van der Waals surface area contributed by atoms with Gasteiger partial charge in [0.15, 0.2) is 10.7 Å². The van der Waals surface area contributed by atoms with Gasteiger partial charge in [0.05, 0.1) is 5.69 Å². The van der Waals surface area contributed by atoms with Gasteiger partial charge in [-0.1, -0.05) is 5.16 Å². The Labute approximate surface area is 103 Å². The summed E-state index contributed by atoms with van der Waals surface area (Å²) >= 11 is 0. The van der Waals surface area contributed by atoms with Crippen molar-refractivity contribution in [3.05, 3.63) is 40.1 Å². The molecule has 2 rings (SSSR count). The maximum Gasteiger partial charge on any atom is 0.267 e. The molecule has 0 aliphatic carbocycles. The molecular formula is C10H11N3O4S. The average Bonchev–Trinajstić information content (AvgIpc) is 2.62. The van der Waals surface area contributed by atoms with Gasteiger partial charge in [-0.2, -0.15) is 0 Å². The Hall–Kier alpha value is -2.09. The molecule has 2 aromatic rings. The first-order valence-electron chi connectivity index (χ1n) is 5.04. The Morgan fingerprint density at radius 1 is 1.33 bits per heavy atom. The number of nitrogens with one attached hydrogen (secondary N) is 2. The number of anilines is 1. The van der Waals surface area contributed by atoms with Gasteiger partial charge in [-0.3, -0.25) is 9.52 Å². The Balaban J connectivity index is 2.39. The predicted molar refractivity (Wildman–Crippen MR) is 63.8 cm³/mol. The quantitative estimate of drug-likeness (QED) is 0.856. The van der Waals surface area contributed by atoms with E-state index >= 15 is 0 Å². The number of aromatic nitrogens is 2. The van der Waals surface area contributed by atoms with Crippen LogP contribution in [0.2, 0.25) is 0 Å². The maximum atomic E-state index is 12.1. The molecule has 0 saturated carbocycles. The Morgan fingerprint density at radius 2 is 2.06 bits per heavy atom. The van der Waals surface area contributed by atoms with E-state index in [0.29, 0.717) is 0 Å². The second-order valence-corrected chi connectivity index (χ2v) is 5.32. The van der Waals surface area contributed by atoms with Crippen molar-refractivity contribution in [2.24, 2.45) is 0 Å². The summed E-state index contributed by atoms with van der Waals surface area (Å²) < 4.78 is 31.3. The van der Waals surface area contributed by atoms with Crippen molar-refractivity contribution in [2.75, 3.05) is 4.72 Å². The molecule has 0 unspecified atom stereocenters. The van der Waals surface area contributed by atoms with Crippen LogP contribution in [0.15, 0.2) is 32.5 Å². The van der Waals surface area contributed by atoms with Crippen LogP contribution in [0.25, 0.3) is 0 Å². The van der Waals surface area contributed by atoms with Crippen LogP contribution in [0.1, 0.15) is 11.5 Å². The smallest absolute Gasteiger partial charge is 0.267 e. The third kappa shape index (κ3) is 2.28. The van der Waals surface area contributed by atoms with E-state index < -0.39 is 10.0 Å². The van der Waals surface area contributed by atoms with E-state index in [1.807, 2.05) is 0 Å². The molecule has 0 bridgehead atoms. The highest BCUT2D eigenvalue weighted by molar-refractivity contribution is 7.92. The van der Waals surface area contributed by atoms with Crippen LogP contribution in [0.4, 0.5) is 5.69 Å². The summed E-state index contributed by atoms with van der Waals surface area (Å²) in [7, 11) is -3.77. The topological polar surface area (TPSA) is 105 Å². The Kier molecular flexibility index (Phi) is 2.95. The number of pyridine rings is 1. The number of hydrogen-bond acceptors (Lipinski definition) is 5. The zero-order valence-corrected chi connectivity index (χ0v) is 10.5. The van der Waals surface area contributed by atoms with E-state index in [4.69, 9.17) is 4.52 Å². The van der Waals surface area contributed by atoms with Gasteiger partial charge in [0, 0.05) is 12.3 Å². The van der Waals surface area contributed by atoms with Crippen molar-refractivity contribution in [1.29, 1.82) is 0 Å². The summed E-state index contributed by atoms with van der Waals surface area (Å²) in [4.78, 5) is 13.2. The lowest BCUT2D eigenvalue weighted by atomic mass is 10.4. The molecule has 0 aliphatic rings. The van der Waals surface area contributed by atoms with Crippen molar-refractivity contribution in [1.82, 2.24) is 10.1 Å². The average molecular weight is 269 g/mol. The van der Waals surface area contributed by atoms with Crippen LogP contribution < -0.4 is 10.3 Å². The first-order valence-corrected chi connectivity index (χ1v) is 6.53. The minimum absolute atomic E-state index is 0.00806. The normalized spacial score (nSPS) is 11.4. The molecule has 0 radical (unpaired) electrons. The zero-order chi connectivity index (χ0) is 13.3. The van der Waals surface area contributed by atoms with E-state index in [9.17, 15) is 13.2 Å². The summed E-state index contributed by atoms with van der Waals surface area (Å²) in [5, 5.41) is 3.59. The van der Waals surface area contributed by atoms with Crippen LogP contribution >= 0.6 is 0 Å². The van der Waals surface area contributed by atoms with E-state index in [0.717, 1.165) is 0 Å². The third-order valence-electron chi connectivity index (χ3n) is 2.27. The van der Waals surface area contributed by atoms with Crippen LogP contribution in [0, 0.1) is 13.8 Å². The van der Waals surface area contributed by atoms with Crippen molar-refractivity contribution in [3.63, 3.8) is 0 Å². The lowest BCUT2D eigenvalue weighted by molar-refractivity contribution is 0.390. The van der Waals surface area contributed by atoms with Gasteiger partial charge in [-0.05, 0) is 19.9 Å². The lowest BCUT2D eigenvalue weighted by Crippen LogP contribution is -2.15. The molecule has 0 fully saturated rings. The first-order chi connectivity index (χ1) is 8.40. The summed E-state index contributed by atoms with van der Waals surface area (Å²) in [5.41, 5.74) is 0.231. The molecular weight excluding hydrogens is 258 g/mol. The van der Waals surface area contributed by atoms with Gasteiger partial charge >= 0.3 is 0 Å². The second kappa shape index (κ2) is 4.30. The molecule has 0 aliphatic heterocycles. The number of aryl methyl sites for hydroxylation is 2. The fourth-order valence-corrected chi connectivity index (χ4v) is 2.92. The third-order valence-corrected chi connectivity index (χ3v) is 3.90. The maximum absolute atomic E-state index is 12.1. The molecule has 7 nitrogen and oxygen atoms in total. The SMILES string of the molecule is Cc1noc(C)c1S(=O)(=O)Nc1ccc(=O)[nH]c1. The standard InChI is InChI=1S/C10H11N3O4S/c1-6-10(7(2)17-12-6)18(15,16)13-8-3-4-9(14)11-5-8/h3-5,13H,1-2H3,(H,11,14). The van der Waals surface area contributed by atoms with Crippen molar-refractivity contribution < 1.29 is 12.9 Å². The van der Waals surface area contributed by atoms with Crippen molar-refractivity contribution in [3.8, 4) is 0 Å². The fraction of sp³-hybridized carbons (Fsp3) is 0.200. The number of rotatable bonds is 3. The molecule has 0 atom stereocenters. The lowest BCUT2D eigenvalue weighted by Gasteiger charge is -2.06. The molecule has 8 heteroatoms. The molecule has 2 heterocycles. The Bertz CT molecular complexity index is 690. The van der Waals surface area contributed by atoms with E-state index in [-0.39, 0.29) is 27.6 Å². The van der Waals surface area contributed by atoms with Gasteiger partial charge in [0.2, 0.25) is 5.56 Å². The molecule has 2 aromatic heterocycles. The Morgan fingerprint density at radius 3 is 2.56 bits per heavy atom. The molecule has 0 aromatic carbocycles. The summed E-state index contributed by atoms with van der Waals surface area (Å²) in [6.45, 7) is 3.05. The van der Waals surface area contributed by atoms with Crippen LogP contribution in [0.3, 0.4) is 0 Å². The number of aromatic amines is 1. The van der Waals surface area contributed by atoms with Crippen LogP contribution in [0.5, 0.6) is 0 Å². The molecule has 2 N–H and O–H groups in total.